The fraction of sp³-hybridized carbons (Fsp3) is 0.733. The van der Waals surface area contributed by atoms with Gasteiger partial charge in [-0.15, -0.1) is 11.3 Å². The number of ether oxygens (including phenoxy) is 1. The van der Waals surface area contributed by atoms with E-state index in [1.54, 1.807) is 0 Å². The van der Waals surface area contributed by atoms with E-state index >= 15 is 0 Å². The molecule has 1 aromatic heterocycles. The highest BCUT2D eigenvalue weighted by Gasteiger charge is 2.35. The van der Waals surface area contributed by atoms with Gasteiger partial charge in [-0.2, -0.15) is 0 Å². The van der Waals surface area contributed by atoms with Crippen molar-refractivity contribution in [2.45, 2.75) is 64.1 Å². The Kier molecular flexibility index (Phi) is 5.78. The largest absolute Gasteiger partial charge is 0.375 e. The highest BCUT2D eigenvalue weighted by Crippen LogP contribution is 2.36. The molecule has 5 heteroatoms. The molecule has 1 aliphatic rings. The zero-order valence-corrected chi connectivity index (χ0v) is 14.7. The summed E-state index contributed by atoms with van der Waals surface area (Å²) in [6, 6.07) is 2.67. The average molecular weight is 336 g/mol. The molecule has 114 valence electrons. The Morgan fingerprint density at radius 2 is 2.15 bits per heavy atom. The smallest absolute Gasteiger partial charge is 0.0991 e. The van der Waals surface area contributed by atoms with Crippen LogP contribution < -0.4 is 5.32 Å². The lowest BCUT2D eigenvalue weighted by Gasteiger charge is -2.41. The van der Waals surface area contributed by atoms with E-state index in [-0.39, 0.29) is 11.6 Å². The van der Waals surface area contributed by atoms with Gasteiger partial charge in [-0.05, 0) is 44.2 Å². The van der Waals surface area contributed by atoms with Gasteiger partial charge in [0, 0.05) is 18.7 Å². The molecule has 2 rings (SSSR count). The van der Waals surface area contributed by atoms with Crippen LogP contribution in [0.1, 0.15) is 58.1 Å². The Bertz CT molecular complexity index is 445. The first-order chi connectivity index (χ1) is 9.49. The van der Waals surface area contributed by atoms with Crippen LogP contribution in [0.4, 0.5) is 0 Å². The first kappa shape index (κ1) is 16.6. The number of thiophene rings is 1. The quantitative estimate of drug-likeness (QED) is 0.773. The molecule has 1 fully saturated rings. The molecule has 0 amide bonds. The van der Waals surface area contributed by atoms with Crippen molar-refractivity contribution in [2.24, 2.45) is 0 Å². The molecule has 20 heavy (non-hydrogen) atoms. The predicted molar refractivity (Wildman–Crippen MR) is 88.2 cm³/mol. The molecule has 1 aromatic rings. The highest BCUT2D eigenvalue weighted by molar-refractivity contribution is 7.20. The van der Waals surface area contributed by atoms with Gasteiger partial charge in [0.05, 0.1) is 14.3 Å². The van der Waals surface area contributed by atoms with E-state index in [1.807, 2.05) is 6.07 Å². The molecule has 0 bridgehead atoms. The van der Waals surface area contributed by atoms with E-state index in [1.165, 1.54) is 11.3 Å². The lowest BCUT2D eigenvalue weighted by molar-refractivity contribution is -0.0939. The molecular formula is C15H23Cl2NOS. The minimum absolute atomic E-state index is 0.0473. The predicted octanol–water partition coefficient (Wildman–Crippen LogP) is 5.44. The third-order valence-corrected chi connectivity index (χ3v) is 5.93. The molecule has 0 aromatic carbocycles. The lowest BCUT2D eigenvalue weighted by Crippen LogP contribution is -2.47. The van der Waals surface area contributed by atoms with Crippen LogP contribution in [-0.4, -0.2) is 18.2 Å². The summed E-state index contributed by atoms with van der Waals surface area (Å²) >= 11 is 13.7. The number of rotatable bonds is 5. The second-order valence-electron chi connectivity index (χ2n) is 5.60. The van der Waals surface area contributed by atoms with Gasteiger partial charge < -0.3 is 10.1 Å². The van der Waals surface area contributed by atoms with E-state index < -0.39 is 0 Å². The second-order valence-corrected chi connectivity index (χ2v) is 7.88. The van der Waals surface area contributed by atoms with E-state index in [9.17, 15) is 0 Å². The molecule has 1 aliphatic heterocycles. The maximum Gasteiger partial charge on any atom is 0.0991 e. The van der Waals surface area contributed by atoms with Crippen molar-refractivity contribution >= 4 is 34.5 Å². The molecule has 0 aliphatic carbocycles. The molecular weight excluding hydrogens is 313 g/mol. The van der Waals surface area contributed by atoms with Crippen LogP contribution in [0.15, 0.2) is 6.07 Å². The van der Waals surface area contributed by atoms with Crippen molar-refractivity contribution in [2.75, 3.05) is 6.61 Å². The molecule has 1 saturated heterocycles. The standard InChI is InChI=1S/C15H23Cl2NOS/c1-4-15(5-2)9-11(6-7-19-15)18-10(3)12-8-13(16)20-14(12)17/h8,10-11,18H,4-7,9H2,1-3H3. The maximum atomic E-state index is 6.24. The third-order valence-electron chi connectivity index (χ3n) is 4.42. The minimum atomic E-state index is 0.0473. The molecule has 0 saturated carbocycles. The number of halogens is 2. The summed E-state index contributed by atoms with van der Waals surface area (Å²) in [7, 11) is 0. The van der Waals surface area contributed by atoms with Crippen LogP contribution >= 0.6 is 34.5 Å². The average Bonchev–Trinajstić information content (AvgIpc) is 2.78. The molecule has 2 unspecified atom stereocenters. The van der Waals surface area contributed by atoms with Gasteiger partial charge in [0.2, 0.25) is 0 Å². The fourth-order valence-corrected chi connectivity index (χ4v) is 4.65. The Morgan fingerprint density at radius 1 is 1.45 bits per heavy atom. The zero-order valence-electron chi connectivity index (χ0n) is 12.3. The van der Waals surface area contributed by atoms with Crippen LogP contribution in [-0.2, 0) is 4.74 Å². The molecule has 0 spiro atoms. The second kappa shape index (κ2) is 6.97. The van der Waals surface area contributed by atoms with Gasteiger partial charge in [-0.1, -0.05) is 37.0 Å². The number of nitrogens with one attached hydrogen (secondary N) is 1. The summed E-state index contributed by atoms with van der Waals surface area (Å²) in [5.41, 5.74) is 1.15. The van der Waals surface area contributed by atoms with Gasteiger partial charge in [0.1, 0.15) is 0 Å². The Balaban J connectivity index is 2.01. The van der Waals surface area contributed by atoms with Gasteiger partial charge in [0.15, 0.2) is 0 Å². The summed E-state index contributed by atoms with van der Waals surface area (Å²) in [4.78, 5) is 0. The molecule has 2 atom stereocenters. The van der Waals surface area contributed by atoms with Crippen molar-refractivity contribution in [3.63, 3.8) is 0 Å². The maximum absolute atomic E-state index is 6.24. The van der Waals surface area contributed by atoms with Crippen molar-refractivity contribution in [1.82, 2.24) is 5.32 Å². The van der Waals surface area contributed by atoms with Crippen molar-refractivity contribution < 1.29 is 4.74 Å². The Morgan fingerprint density at radius 3 is 2.70 bits per heavy atom. The zero-order chi connectivity index (χ0) is 14.8. The van der Waals surface area contributed by atoms with E-state index in [0.717, 1.165) is 46.5 Å². The van der Waals surface area contributed by atoms with Gasteiger partial charge in [-0.25, -0.2) is 0 Å². The highest BCUT2D eigenvalue weighted by atomic mass is 35.5. The fourth-order valence-electron chi connectivity index (χ4n) is 3.00. The van der Waals surface area contributed by atoms with Crippen LogP contribution in [0.5, 0.6) is 0 Å². The normalized spacial score (nSPS) is 23.8. The first-order valence-electron chi connectivity index (χ1n) is 7.34. The monoisotopic (exact) mass is 335 g/mol. The molecule has 2 nitrogen and oxygen atoms in total. The van der Waals surface area contributed by atoms with Gasteiger partial charge in [-0.3, -0.25) is 0 Å². The summed E-state index contributed by atoms with van der Waals surface area (Å²) in [5.74, 6) is 0. The first-order valence-corrected chi connectivity index (χ1v) is 8.91. The van der Waals surface area contributed by atoms with Crippen LogP contribution in [0.25, 0.3) is 0 Å². The van der Waals surface area contributed by atoms with Crippen LogP contribution in [0.2, 0.25) is 8.67 Å². The minimum Gasteiger partial charge on any atom is -0.375 e. The molecule has 0 radical (unpaired) electrons. The van der Waals surface area contributed by atoms with Gasteiger partial charge in [0.25, 0.3) is 0 Å². The Hall–Kier alpha value is 0.200. The van der Waals surface area contributed by atoms with Crippen LogP contribution in [0.3, 0.4) is 0 Å². The topological polar surface area (TPSA) is 21.3 Å². The van der Waals surface area contributed by atoms with E-state index in [4.69, 9.17) is 27.9 Å². The summed E-state index contributed by atoms with van der Waals surface area (Å²) in [5, 5.41) is 3.70. The van der Waals surface area contributed by atoms with Crippen LogP contribution in [0, 0.1) is 0 Å². The lowest BCUT2D eigenvalue weighted by atomic mass is 9.85. The van der Waals surface area contributed by atoms with E-state index in [0.29, 0.717) is 6.04 Å². The summed E-state index contributed by atoms with van der Waals surface area (Å²) < 4.78 is 7.57. The molecule has 2 heterocycles. The van der Waals surface area contributed by atoms with E-state index in [2.05, 4.69) is 26.1 Å². The number of hydrogen-bond acceptors (Lipinski definition) is 3. The number of hydrogen-bond donors (Lipinski definition) is 1. The van der Waals surface area contributed by atoms with Crippen molar-refractivity contribution in [3.05, 3.63) is 20.3 Å². The van der Waals surface area contributed by atoms with Gasteiger partial charge >= 0.3 is 0 Å². The van der Waals surface area contributed by atoms with Crippen molar-refractivity contribution in [1.29, 1.82) is 0 Å². The summed E-state index contributed by atoms with van der Waals surface area (Å²) in [6.07, 6.45) is 4.27. The third kappa shape index (κ3) is 3.69. The summed E-state index contributed by atoms with van der Waals surface area (Å²) in [6.45, 7) is 7.42. The van der Waals surface area contributed by atoms with Crippen molar-refractivity contribution in [3.8, 4) is 0 Å². The Labute approximate surface area is 135 Å². The molecule has 1 N–H and O–H groups in total. The SMILES string of the molecule is CCC1(CC)CC(NC(C)c2cc(Cl)sc2Cl)CCO1.